The van der Waals surface area contributed by atoms with Gasteiger partial charge in [0.1, 0.15) is 12.3 Å². The van der Waals surface area contributed by atoms with Gasteiger partial charge in [0, 0.05) is 23.8 Å². The molecule has 7 rings (SSSR count). The van der Waals surface area contributed by atoms with Crippen LogP contribution in [-0.2, 0) is 6.61 Å². The van der Waals surface area contributed by atoms with Crippen LogP contribution in [0.3, 0.4) is 0 Å². The third kappa shape index (κ3) is 2.41. The van der Waals surface area contributed by atoms with Gasteiger partial charge in [0.25, 0.3) is 5.89 Å². The summed E-state index contributed by atoms with van der Waals surface area (Å²) in [5, 5.41) is 28.8. The molecule has 0 aromatic carbocycles. The van der Waals surface area contributed by atoms with Gasteiger partial charge in [-0.15, -0.1) is 0 Å². The molecule has 4 aliphatic carbocycles. The van der Waals surface area contributed by atoms with Gasteiger partial charge in [0.2, 0.25) is 0 Å². The van der Waals surface area contributed by atoms with Crippen LogP contribution in [0, 0.1) is 17.8 Å². The predicted molar refractivity (Wildman–Crippen MR) is 101 cm³/mol. The summed E-state index contributed by atoms with van der Waals surface area (Å²) in [6.45, 7) is -0.265. The molecule has 0 amide bonds. The first kappa shape index (κ1) is 16.5. The smallest absolute Gasteiger partial charge is 0.261 e. The number of aromatic amines is 1. The first-order chi connectivity index (χ1) is 13.6. The molecule has 4 aliphatic rings. The number of H-pyrrole nitrogens is 1. The second kappa shape index (κ2) is 5.78. The zero-order chi connectivity index (χ0) is 18.9. The van der Waals surface area contributed by atoms with E-state index in [-0.39, 0.29) is 12.4 Å². The summed E-state index contributed by atoms with van der Waals surface area (Å²) >= 11 is 0. The minimum absolute atomic E-state index is 0.256. The minimum atomic E-state index is -0.457. The Hall–Kier alpha value is -2.45. The summed E-state index contributed by atoms with van der Waals surface area (Å²) in [7, 11) is 0. The largest absolute Gasteiger partial charge is 0.390 e. The highest BCUT2D eigenvalue weighted by atomic mass is 16.5. The zero-order valence-corrected chi connectivity index (χ0v) is 15.4. The molecule has 28 heavy (non-hydrogen) atoms. The van der Waals surface area contributed by atoms with Crippen LogP contribution in [0.25, 0.3) is 22.5 Å². The average Bonchev–Trinajstić information content (AvgIpc) is 3.32. The van der Waals surface area contributed by atoms with E-state index in [1.807, 2.05) is 12.3 Å². The second-order valence-electron chi connectivity index (χ2n) is 8.83. The maximum atomic E-state index is 10.9. The molecule has 4 fully saturated rings. The van der Waals surface area contributed by atoms with E-state index in [2.05, 4.69) is 25.4 Å². The standard InChI is InChI=1S/C20H23N5O3/c26-9-15-23-19(28-25-15)14-8-22-18-13(1-2-21-18)17(14)24-16-11-3-10-4-12(16)7-20(27,5-10)6-11/h1-2,8,10-12,16,26-27H,3-7,9H2,(H2,21,22,24)/t10?,11?,12?,16-,20+. The van der Waals surface area contributed by atoms with Crippen molar-refractivity contribution in [2.24, 2.45) is 17.8 Å². The molecule has 3 heterocycles. The molecular formula is C20H23N5O3. The summed E-state index contributed by atoms with van der Waals surface area (Å²) in [5.74, 6) is 2.22. The SMILES string of the molecule is OCc1noc(-c2cnc3[nH]ccc3c2N[C@H]2C3CC4CC2C[C@@](O)(C4)C3)n1. The fourth-order valence-electron chi connectivity index (χ4n) is 6.14. The summed E-state index contributed by atoms with van der Waals surface area (Å²) in [4.78, 5) is 11.9. The highest BCUT2D eigenvalue weighted by Crippen LogP contribution is 2.56. The van der Waals surface area contributed by atoms with Crippen molar-refractivity contribution in [3.05, 3.63) is 24.3 Å². The second-order valence-corrected chi connectivity index (χ2v) is 8.83. The van der Waals surface area contributed by atoms with E-state index < -0.39 is 5.60 Å². The van der Waals surface area contributed by atoms with E-state index in [0.29, 0.717) is 29.7 Å². The third-order valence-electron chi connectivity index (χ3n) is 6.98. The van der Waals surface area contributed by atoms with Gasteiger partial charge in [0.15, 0.2) is 5.82 Å². The van der Waals surface area contributed by atoms with Crippen LogP contribution in [0.15, 0.2) is 23.0 Å². The van der Waals surface area contributed by atoms with Crippen LogP contribution in [0.2, 0.25) is 0 Å². The number of nitrogens with zero attached hydrogens (tertiary/aromatic N) is 3. The Labute approximate surface area is 161 Å². The molecule has 0 aliphatic heterocycles. The Bertz CT molecular complexity index is 1030. The van der Waals surface area contributed by atoms with E-state index in [0.717, 1.165) is 41.5 Å². The Morgan fingerprint density at radius 1 is 1.25 bits per heavy atom. The van der Waals surface area contributed by atoms with Crippen molar-refractivity contribution in [3.8, 4) is 11.5 Å². The molecule has 146 valence electrons. The number of aliphatic hydroxyl groups is 2. The number of rotatable bonds is 4. The molecule has 4 bridgehead atoms. The predicted octanol–water partition coefficient (Wildman–Crippen LogP) is 2.46. The maximum Gasteiger partial charge on any atom is 0.261 e. The zero-order valence-electron chi connectivity index (χ0n) is 15.4. The average molecular weight is 381 g/mol. The Morgan fingerprint density at radius 3 is 2.79 bits per heavy atom. The highest BCUT2D eigenvalue weighted by Gasteiger charge is 2.54. The monoisotopic (exact) mass is 381 g/mol. The summed E-state index contributed by atoms with van der Waals surface area (Å²) in [5.41, 5.74) is 2.02. The van der Waals surface area contributed by atoms with Crippen molar-refractivity contribution >= 4 is 16.7 Å². The van der Waals surface area contributed by atoms with Gasteiger partial charge >= 0.3 is 0 Å². The number of nitrogens with one attached hydrogen (secondary N) is 2. The van der Waals surface area contributed by atoms with Crippen LogP contribution < -0.4 is 5.32 Å². The molecule has 3 aromatic heterocycles. The van der Waals surface area contributed by atoms with Gasteiger partial charge in [-0.1, -0.05) is 5.16 Å². The van der Waals surface area contributed by atoms with Crippen LogP contribution in [-0.4, -0.2) is 42.0 Å². The summed E-state index contributed by atoms with van der Waals surface area (Å²) in [6.07, 6.45) is 8.71. The molecule has 2 atom stereocenters. The van der Waals surface area contributed by atoms with E-state index >= 15 is 0 Å². The molecule has 0 spiro atoms. The molecular weight excluding hydrogens is 358 g/mol. The van der Waals surface area contributed by atoms with Gasteiger partial charge in [0.05, 0.1) is 16.9 Å². The Kier molecular flexibility index (Phi) is 3.40. The van der Waals surface area contributed by atoms with Gasteiger partial charge in [-0.3, -0.25) is 0 Å². The first-order valence-corrected chi connectivity index (χ1v) is 10.0. The minimum Gasteiger partial charge on any atom is -0.390 e. The van der Waals surface area contributed by atoms with Gasteiger partial charge in [-0.25, -0.2) is 4.98 Å². The molecule has 4 N–H and O–H groups in total. The van der Waals surface area contributed by atoms with E-state index in [1.165, 1.54) is 12.8 Å². The van der Waals surface area contributed by atoms with Crippen molar-refractivity contribution in [1.82, 2.24) is 20.1 Å². The van der Waals surface area contributed by atoms with Crippen LogP contribution in [0.5, 0.6) is 0 Å². The number of hydrogen-bond acceptors (Lipinski definition) is 7. The maximum absolute atomic E-state index is 10.9. The topological polar surface area (TPSA) is 120 Å². The lowest BCUT2D eigenvalue weighted by Crippen LogP contribution is -2.59. The number of anilines is 1. The molecule has 2 unspecified atom stereocenters. The molecule has 3 aromatic rings. The lowest BCUT2D eigenvalue weighted by molar-refractivity contribution is -0.129. The van der Waals surface area contributed by atoms with E-state index in [4.69, 9.17) is 4.52 Å². The molecule has 8 nitrogen and oxygen atoms in total. The van der Waals surface area contributed by atoms with Crippen molar-refractivity contribution < 1.29 is 14.7 Å². The van der Waals surface area contributed by atoms with Crippen LogP contribution in [0.4, 0.5) is 5.69 Å². The molecule has 0 radical (unpaired) electrons. The first-order valence-electron chi connectivity index (χ1n) is 10.0. The van der Waals surface area contributed by atoms with E-state index in [1.54, 1.807) is 6.20 Å². The summed E-state index contributed by atoms with van der Waals surface area (Å²) in [6, 6.07) is 2.32. The van der Waals surface area contributed by atoms with Crippen molar-refractivity contribution in [3.63, 3.8) is 0 Å². The fourth-order valence-corrected chi connectivity index (χ4v) is 6.14. The van der Waals surface area contributed by atoms with Crippen molar-refractivity contribution in [2.45, 2.75) is 50.4 Å². The Balaban J connectivity index is 1.42. The number of aromatic nitrogens is 4. The number of pyridine rings is 1. The molecule has 0 saturated heterocycles. The van der Waals surface area contributed by atoms with Crippen LogP contribution >= 0.6 is 0 Å². The van der Waals surface area contributed by atoms with Crippen LogP contribution in [0.1, 0.15) is 37.9 Å². The number of aliphatic hydroxyl groups excluding tert-OH is 1. The van der Waals surface area contributed by atoms with Gasteiger partial charge < -0.3 is 25.0 Å². The number of hydrogen-bond donors (Lipinski definition) is 4. The van der Waals surface area contributed by atoms with Crippen molar-refractivity contribution in [1.29, 1.82) is 0 Å². The lowest BCUT2D eigenvalue weighted by atomic mass is 9.52. The van der Waals surface area contributed by atoms with Gasteiger partial charge in [-0.2, -0.15) is 4.98 Å². The number of fused-ring (bicyclic) bond motifs is 1. The molecule has 8 heteroatoms. The normalized spacial score (nSPS) is 33.6. The highest BCUT2D eigenvalue weighted by molar-refractivity contribution is 5.97. The molecule has 4 saturated carbocycles. The quantitative estimate of drug-likeness (QED) is 0.548. The van der Waals surface area contributed by atoms with E-state index in [9.17, 15) is 10.2 Å². The van der Waals surface area contributed by atoms with Gasteiger partial charge in [-0.05, 0) is 55.9 Å². The fraction of sp³-hybridized carbons (Fsp3) is 0.550. The van der Waals surface area contributed by atoms with Crippen molar-refractivity contribution in [2.75, 3.05) is 5.32 Å². The summed E-state index contributed by atoms with van der Waals surface area (Å²) < 4.78 is 5.38. The Morgan fingerprint density at radius 2 is 2.07 bits per heavy atom. The third-order valence-corrected chi connectivity index (χ3v) is 6.98. The lowest BCUT2D eigenvalue weighted by Gasteiger charge is -2.58.